The van der Waals surface area contributed by atoms with Crippen molar-refractivity contribution in [2.45, 2.75) is 6.92 Å². The van der Waals surface area contributed by atoms with E-state index in [9.17, 15) is 9.59 Å². The first-order valence-corrected chi connectivity index (χ1v) is 13.9. The van der Waals surface area contributed by atoms with Gasteiger partial charge in [-0.15, -0.1) is 0 Å². The summed E-state index contributed by atoms with van der Waals surface area (Å²) in [6.45, 7) is 2.12. The molecule has 0 aliphatic carbocycles. The van der Waals surface area contributed by atoms with Gasteiger partial charge in [0.05, 0.1) is 50.6 Å². The summed E-state index contributed by atoms with van der Waals surface area (Å²) in [4.78, 5) is 31.3. The van der Waals surface area contributed by atoms with Crippen molar-refractivity contribution in [3.8, 4) is 40.1 Å². The summed E-state index contributed by atoms with van der Waals surface area (Å²) in [6, 6.07) is 22.0. The van der Waals surface area contributed by atoms with Crippen molar-refractivity contribution >= 4 is 34.7 Å². The zero-order valence-electron chi connectivity index (χ0n) is 24.4. The molecule has 0 unspecified atom stereocenters. The van der Waals surface area contributed by atoms with E-state index in [0.29, 0.717) is 62.5 Å². The molecule has 0 N–H and O–H groups in total. The quantitative estimate of drug-likeness (QED) is 0.103. The number of methoxy groups -OCH3 is 3. The van der Waals surface area contributed by atoms with E-state index in [1.54, 1.807) is 60.7 Å². The number of aromatic nitrogens is 2. The second-order valence-corrected chi connectivity index (χ2v) is 9.70. The normalized spacial score (nSPS) is 11.0. The smallest absolute Gasteiger partial charge is 0.343 e. The molecule has 224 valence electrons. The summed E-state index contributed by atoms with van der Waals surface area (Å²) in [5.41, 5.74) is 1.65. The standard InChI is InChI=1S/C33H28ClN3O7/c1-5-43-27-16-20(10-15-26(27)44-33(39)22-17-28(40-2)30(42-4)29(18-22)41-3)19-35-37-31(21-11-13-23(34)14-12-21)36-25-9-7-6-8-24(25)32(37)38/h6-19H,5H2,1-4H3. The van der Waals surface area contributed by atoms with E-state index in [1.165, 1.54) is 44.4 Å². The molecule has 5 aromatic rings. The molecule has 1 heterocycles. The Hall–Kier alpha value is -5.35. The monoisotopic (exact) mass is 613 g/mol. The van der Waals surface area contributed by atoms with E-state index >= 15 is 0 Å². The summed E-state index contributed by atoms with van der Waals surface area (Å²) in [7, 11) is 4.39. The van der Waals surface area contributed by atoms with Crippen LogP contribution >= 0.6 is 11.6 Å². The molecule has 10 nitrogen and oxygen atoms in total. The van der Waals surface area contributed by atoms with E-state index < -0.39 is 5.97 Å². The minimum atomic E-state index is -0.659. The van der Waals surface area contributed by atoms with Crippen LogP contribution < -0.4 is 29.2 Å². The van der Waals surface area contributed by atoms with Crippen LogP contribution in [0.4, 0.5) is 0 Å². The average molecular weight is 614 g/mol. The first-order chi connectivity index (χ1) is 21.4. The maximum atomic E-state index is 13.5. The number of halogens is 1. The van der Waals surface area contributed by atoms with Crippen LogP contribution in [-0.2, 0) is 0 Å². The second-order valence-electron chi connectivity index (χ2n) is 9.26. The molecule has 0 atom stereocenters. The summed E-state index contributed by atoms with van der Waals surface area (Å²) in [6.07, 6.45) is 1.50. The Morgan fingerprint density at radius 1 is 0.886 bits per heavy atom. The Morgan fingerprint density at radius 3 is 2.25 bits per heavy atom. The molecule has 11 heteroatoms. The lowest BCUT2D eigenvalue weighted by atomic mass is 10.1. The van der Waals surface area contributed by atoms with Gasteiger partial charge in [0, 0.05) is 10.6 Å². The third-order valence-corrected chi connectivity index (χ3v) is 6.80. The van der Waals surface area contributed by atoms with Crippen LogP contribution in [0.5, 0.6) is 28.7 Å². The summed E-state index contributed by atoms with van der Waals surface area (Å²) in [5.74, 6) is 1.16. The SMILES string of the molecule is CCOc1cc(C=Nn2c(-c3ccc(Cl)cc3)nc3ccccc3c2=O)ccc1OC(=O)c1cc(OC)c(OC)c(OC)c1. The fourth-order valence-electron chi connectivity index (χ4n) is 4.46. The fraction of sp³-hybridized carbons (Fsp3) is 0.152. The minimum Gasteiger partial charge on any atom is -0.493 e. The molecule has 0 saturated carbocycles. The Morgan fingerprint density at radius 2 is 1.59 bits per heavy atom. The zero-order valence-corrected chi connectivity index (χ0v) is 25.1. The molecular weight excluding hydrogens is 586 g/mol. The number of carbonyl (C=O) groups excluding carboxylic acids is 1. The summed E-state index contributed by atoms with van der Waals surface area (Å²) in [5, 5.41) is 5.48. The van der Waals surface area contributed by atoms with Gasteiger partial charge < -0.3 is 23.7 Å². The van der Waals surface area contributed by atoms with E-state index in [-0.39, 0.29) is 16.9 Å². The Kier molecular flexibility index (Phi) is 9.11. The molecule has 1 aromatic heterocycles. The van der Waals surface area contributed by atoms with Gasteiger partial charge in [0.15, 0.2) is 28.8 Å². The highest BCUT2D eigenvalue weighted by molar-refractivity contribution is 6.30. The van der Waals surface area contributed by atoms with Crippen molar-refractivity contribution < 1.29 is 28.5 Å². The van der Waals surface area contributed by atoms with Crippen molar-refractivity contribution in [3.05, 3.63) is 105 Å². The number of ether oxygens (including phenoxy) is 5. The number of hydrogen-bond acceptors (Lipinski definition) is 9. The number of benzene rings is 4. The van der Waals surface area contributed by atoms with Crippen molar-refractivity contribution in [1.29, 1.82) is 0 Å². The van der Waals surface area contributed by atoms with Gasteiger partial charge in [0.25, 0.3) is 5.56 Å². The van der Waals surface area contributed by atoms with Crippen LogP contribution in [0.15, 0.2) is 88.8 Å². The number of fused-ring (bicyclic) bond motifs is 1. The zero-order chi connectivity index (χ0) is 31.2. The van der Waals surface area contributed by atoms with E-state index in [1.807, 2.05) is 13.0 Å². The van der Waals surface area contributed by atoms with E-state index in [0.717, 1.165) is 0 Å². The van der Waals surface area contributed by atoms with Crippen LogP contribution in [0.2, 0.25) is 5.02 Å². The van der Waals surface area contributed by atoms with Crippen molar-refractivity contribution in [1.82, 2.24) is 9.66 Å². The van der Waals surface area contributed by atoms with Crippen LogP contribution in [-0.4, -0.2) is 49.8 Å². The molecule has 0 amide bonds. The molecule has 0 aliphatic heterocycles. The number of para-hydroxylation sites is 1. The Balaban J connectivity index is 1.49. The maximum Gasteiger partial charge on any atom is 0.343 e. The molecule has 0 radical (unpaired) electrons. The number of carbonyl (C=O) groups is 1. The molecule has 0 spiro atoms. The van der Waals surface area contributed by atoms with Crippen molar-refractivity contribution in [3.63, 3.8) is 0 Å². The lowest BCUT2D eigenvalue weighted by Gasteiger charge is -2.15. The number of hydrogen-bond donors (Lipinski definition) is 0. The summed E-state index contributed by atoms with van der Waals surface area (Å²) < 4.78 is 28.7. The number of nitrogens with zero attached hydrogens (tertiary/aromatic N) is 3. The van der Waals surface area contributed by atoms with Crippen LogP contribution in [0.25, 0.3) is 22.3 Å². The van der Waals surface area contributed by atoms with E-state index in [4.69, 9.17) is 40.3 Å². The maximum absolute atomic E-state index is 13.5. The van der Waals surface area contributed by atoms with Gasteiger partial charge in [0.2, 0.25) is 5.75 Å². The Labute approximate surface area is 258 Å². The highest BCUT2D eigenvalue weighted by Crippen LogP contribution is 2.39. The van der Waals surface area contributed by atoms with Crippen molar-refractivity contribution in [2.75, 3.05) is 27.9 Å². The van der Waals surface area contributed by atoms with Crippen LogP contribution in [0.3, 0.4) is 0 Å². The first-order valence-electron chi connectivity index (χ1n) is 13.5. The van der Waals surface area contributed by atoms with Crippen LogP contribution in [0.1, 0.15) is 22.8 Å². The van der Waals surface area contributed by atoms with Gasteiger partial charge in [-0.2, -0.15) is 9.78 Å². The molecular formula is C33H28ClN3O7. The van der Waals surface area contributed by atoms with Gasteiger partial charge in [0.1, 0.15) is 0 Å². The first kappa shape index (κ1) is 30.1. The van der Waals surface area contributed by atoms with Gasteiger partial charge in [-0.3, -0.25) is 4.79 Å². The second kappa shape index (κ2) is 13.3. The predicted octanol–water partition coefficient (Wildman–Crippen LogP) is 6.24. The summed E-state index contributed by atoms with van der Waals surface area (Å²) >= 11 is 6.09. The highest BCUT2D eigenvalue weighted by Gasteiger charge is 2.20. The van der Waals surface area contributed by atoms with Crippen molar-refractivity contribution in [2.24, 2.45) is 5.10 Å². The van der Waals surface area contributed by atoms with Gasteiger partial charge in [-0.05, 0) is 79.2 Å². The third kappa shape index (κ3) is 6.20. The molecule has 0 fully saturated rings. The molecule has 0 aliphatic rings. The Bertz CT molecular complexity index is 1900. The largest absolute Gasteiger partial charge is 0.493 e. The number of rotatable bonds is 10. The van der Waals surface area contributed by atoms with Crippen LogP contribution in [0, 0.1) is 0 Å². The molecule has 0 bridgehead atoms. The predicted molar refractivity (Wildman–Crippen MR) is 168 cm³/mol. The minimum absolute atomic E-state index is 0.186. The molecule has 44 heavy (non-hydrogen) atoms. The number of esters is 1. The average Bonchev–Trinajstić information content (AvgIpc) is 3.05. The van der Waals surface area contributed by atoms with E-state index in [2.05, 4.69) is 5.10 Å². The fourth-order valence-corrected chi connectivity index (χ4v) is 4.58. The lowest BCUT2D eigenvalue weighted by molar-refractivity contribution is 0.0727. The highest BCUT2D eigenvalue weighted by atomic mass is 35.5. The molecule has 5 rings (SSSR count). The molecule has 4 aromatic carbocycles. The topological polar surface area (TPSA) is 110 Å². The lowest BCUT2D eigenvalue weighted by Crippen LogP contribution is -2.20. The third-order valence-electron chi connectivity index (χ3n) is 6.55. The van der Waals surface area contributed by atoms with Gasteiger partial charge in [-0.1, -0.05) is 23.7 Å². The molecule has 0 saturated heterocycles. The van der Waals surface area contributed by atoms with Gasteiger partial charge in [-0.25, -0.2) is 9.78 Å². The van der Waals surface area contributed by atoms with Gasteiger partial charge >= 0.3 is 5.97 Å².